The van der Waals surface area contributed by atoms with Gasteiger partial charge in [0.1, 0.15) is 5.82 Å². The van der Waals surface area contributed by atoms with Gasteiger partial charge in [-0.1, -0.05) is 63.2 Å². The predicted molar refractivity (Wildman–Crippen MR) is 149 cm³/mol. The summed E-state index contributed by atoms with van der Waals surface area (Å²) in [5.41, 5.74) is 7.22. The Morgan fingerprint density at radius 3 is 2.33 bits per heavy atom. The van der Waals surface area contributed by atoms with E-state index in [1.807, 2.05) is 25.4 Å². The third kappa shape index (κ3) is 3.72. The quantitative estimate of drug-likeness (QED) is 0.236. The lowest BCUT2D eigenvalue weighted by atomic mass is 9.82. The van der Waals surface area contributed by atoms with Crippen LogP contribution in [0.3, 0.4) is 0 Å². The Hall–Kier alpha value is -4.11. The van der Waals surface area contributed by atoms with Crippen molar-refractivity contribution in [2.75, 3.05) is 0 Å². The van der Waals surface area contributed by atoms with Gasteiger partial charge in [-0.05, 0) is 87.1 Å². The minimum Gasteiger partial charge on any atom is -0.256 e. The minimum absolute atomic E-state index is 0.0000293. The maximum absolute atomic E-state index is 13.6. The molecule has 0 unspecified atom stereocenters. The van der Waals surface area contributed by atoms with Gasteiger partial charge in [0.15, 0.2) is 0 Å². The first kappa shape index (κ1) is 22.4. The van der Waals surface area contributed by atoms with Gasteiger partial charge < -0.3 is 0 Å². The van der Waals surface area contributed by atoms with Gasteiger partial charge in [-0.25, -0.2) is 4.39 Å². The molecule has 2 nitrogen and oxygen atoms in total. The zero-order valence-electron chi connectivity index (χ0n) is 20.9. The van der Waals surface area contributed by atoms with Gasteiger partial charge in [-0.2, -0.15) is 0 Å². The molecule has 0 fully saturated rings. The van der Waals surface area contributed by atoms with E-state index in [0.717, 1.165) is 49.6 Å². The fourth-order valence-electron chi connectivity index (χ4n) is 5.26. The lowest BCUT2D eigenvalue weighted by Crippen LogP contribution is -2.12. The van der Waals surface area contributed by atoms with Crippen molar-refractivity contribution in [2.45, 2.75) is 33.1 Å². The van der Waals surface area contributed by atoms with Gasteiger partial charge in [-0.3, -0.25) is 9.97 Å². The molecule has 0 saturated carbocycles. The van der Waals surface area contributed by atoms with Crippen molar-refractivity contribution in [3.8, 4) is 22.4 Å². The number of nitrogens with zero attached hydrogens (tertiary/aromatic N) is 2. The molecule has 4 aromatic carbocycles. The van der Waals surface area contributed by atoms with Gasteiger partial charge in [0, 0.05) is 28.7 Å². The van der Waals surface area contributed by atoms with Crippen LogP contribution in [0.25, 0.3) is 54.8 Å². The predicted octanol–water partition coefficient (Wildman–Crippen LogP) is 9.02. The molecule has 0 aliphatic heterocycles. The van der Waals surface area contributed by atoms with E-state index in [4.69, 9.17) is 9.97 Å². The third-order valence-corrected chi connectivity index (χ3v) is 7.05. The van der Waals surface area contributed by atoms with Crippen molar-refractivity contribution in [3.63, 3.8) is 0 Å². The van der Waals surface area contributed by atoms with Crippen LogP contribution < -0.4 is 0 Å². The molecule has 0 bridgehead atoms. The molecule has 0 aliphatic carbocycles. The lowest BCUT2D eigenvalue weighted by molar-refractivity contribution is 0.596. The summed E-state index contributed by atoms with van der Waals surface area (Å²) in [6.07, 6.45) is 3.83. The number of halogens is 1. The molecular weight excluding hydrogens is 443 g/mol. The second kappa shape index (κ2) is 8.23. The Labute approximate surface area is 210 Å². The molecule has 2 aromatic heterocycles. The average Bonchev–Trinajstić information content (AvgIpc) is 2.86. The van der Waals surface area contributed by atoms with Gasteiger partial charge >= 0.3 is 0 Å². The van der Waals surface area contributed by atoms with Crippen LogP contribution in [0.5, 0.6) is 0 Å². The number of aryl methyl sites for hydroxylation is 1. The molecule has 0 atom stereocenters. The Morgan fingerprint density at radius 2 is 1.53 bits per heavy atom. The van der Waals surface area contributed by atoms with Crippen molar-refractivity contribution in [3.05, 3.63) is 108 Å². The van der Waals surface area contributed by atoms with Crippen molar-refractivity contribution < 1.29 is 4.39 Å². The molecule has 0 radical (unpaired) electrons. The summed E-state index contributed by atoms with van der Waals surface area (Å²) in [5, 5.41) is 5.73. The van der Waals surface area contributed by atoms with E-state index < -0.39 is 0 Å². The number of fused-ring (bicyclic) bond motifs is 4. The first-order valence-corrected chi connectivity index (χ1v) is 12.3. The molecular formula is C33H27FN2. The summed E-state index contributed by atoms with van der Waals surface area (Å²) in [7, 11) is 0. The van der Waals surface area contributed by atoms with Crippen LogP contribution in [0.1, 0.15) is 31.9 Å². The summed E-state index contributed by atoms with van der Waals surface area (Å²) >= 11 is 0. The minimum atomic E-state index is -0.218. The van der Waals surface area contributed by atoms with Crippen LogP contribution in [0, 0.1) is 12.7 Å². The van der Waals surface area contributed by atoms with Crippen molar-refractivity contribution in [1.82, 2.24) is 9.97 Å². The zero-order valence-corrected chi connectivity index (χ0v) is 20.9. The Balaban J connectivity index is 1.55. The van der Waals surface area contributed by atoms with Crippen LogP contribution in [0.4, 0.5) is 4.39 Å². The molecule has 6 aromatic rings. The molecule has 0 spiro atoms. The number of benzene rings is 4. The second-order valence-electron chi connectivity index (χ2n) is 10.6. The van der Waals surface area contributed by atoms with Gasteiger partial charge in [0.05, 0.1) is 11.2 Å². The standard InChI is InChI=1S/C33H27FN2/c1-20-15-24(34)10-12-25(20)22-9-11-28-27-13-14-35-32(29(27)19-36-31(28)18-22)23-16-21-7-5-6-8-26(21)30(17-23)33(2,3)4/h5-19H,1-4H3. The van der Waals surface area contributed by atoms with E-state index in [1.54, 1.807) is 6.07 Å². The lowest BCUT2D eigenvalue weighted by Gasteiger charge is -2.23. The van der Waals surface area contributed by atoms with Crippen LogP contribution >= 0.6 is 0 Å². The van der Waals surface area contributed by atoms with E-state index >= 15 is 0 Å². The van der Waals surface area contributed by atoms with E-state index in [2.05, 4.69) is 81.4 Å². The fourth-order valence-corrected chi connectivity index (χ4v) is 5.26. The highest BCUT2D eigenvalue weighted by atomic mass is 19.1. The van der Waals surface area contributed by atoms with Gasteiger partial charge in [-0.15, -0.1) is 0 Å². The molecule has 0 amide bonds. The van der Waals surface area contributed by atoms with E-state index in [-0.39, 0.29) is 11.2 Å². The highest BCUT2D eigenvalue weighted by molar-refractivity contribution is 6.10. The summed E-state index contributed by atoms with van der Waals surface area (Å²) in [4.78, 5) is 9.67. The van der Waals surface area contributed by atoms with Crippen molar-refractivity contribution in [1.29, 1.82) is 0 Å². The number of aromatic nitrogens is 2. The van der Waals surface area contributed by atoms with Crippen LogP contribution in [-0.2, 0) is 5.41 Å². The number of pyridine rings is 2. The SMILES string of the molecule is Cc1cc(F)ccc1-c1ccc2c(c1)ncc1c(-c3cc(C(C)(C)C)c4ccccc4c3)nccc12. The summed E-state index contributed by atoms with van der Waals surface area (Å²) < 4.78 is 13.6. The summed E-state index contributed by atoms with van der Waals surface area (Å²) in [6, 6.07) is 26.4. The topological polar surface area (TPSA) is 25.8 Å². The number of hydrogen-bond donors (Lipinski definition) is 0. The molecule has 6 rings (SSSR count). The maximum atomic E-state index is 13.6. The second-order valence-corrected chi connectivity index (χ2v) is 10.6. The Bertz CT molecular complexity index is 1790. The third-order valence-electron chi connectivity index (χ3n) is 7.05. The number of rotatable bonds is 2. The average molecular weight is 471 g/mol. The normalized spacial score (nSPS) is 12.0. The summed E-state index contributed by atoms with van der Waals surface area (Å²) in [5.74, 6) is -0.218. The van der Waals surface area contributed by atoms with Crippen LogP contribution in [0.15, 0.2) is 91.3 Å². The largest absolute Gasteiger partial charge is 0.256 e. The molecule has 3 heteroatoms. The number of hydrogen-bond acceptors (Lipinski definition) is 2. The van der Waals surface area contributed by atoms with Gasteiger partial charge in [0.25, 0.3) is 0 Å². The van der Waals surface area contributed by atoms with E-state index in [1.165, 1.54) is 22.4 Å². The Morgan fingerprint density at radius 1 is 0.694 bits per heavy atom. The van der Waals surface area contributed by atoms with Crippen molar-refractivity contribution in [2.24, 2.45) is 0 Å². The smallest absolute Gasteiger partial charge is 0.123 e. The zero-order chi connectivity index (χ0) is 25.0. The van der Waals surface area contributed by atoms with E-state index in [0.29, 0.717) is 0 Å². The molecule has 2 heterocycles. The first-order chi connectivity index (χ1) is 17.3. The molecule has 0 saturated heterocycles. The fraction of sp³-hybridized carbons (Fsp3) is 0.152. The van der Waals surface area contributed by atoms with Crippen LogP contribution in [0.2, 0.25) is 0 Å². The highest BCUT2D eigenvalue weighted by Gasteiger charge is 2.19. The monoisotopic (exact) mass is 470 g/mol. The summed E-state index contributed by atoms with van der Waals surface area (Å²) in [6.45, 7) is 8.70. The molecule has 0 N–H and O–H groups in total. The molecule has 36 heavy (non-hydrogen) atoms. The molecule has 0 aliphatic rings. The maximum Gasteiger partial charge on any atom is 0.123 e. The highest BCUT2D eigenvalue weighted by Crippen LogP contribution is 2.37. The Kier molecular flexibility index (Phi) is 5.11. The van der Waals surface area contributed by atoms with Crippen molar-refractivity contribution >= 4 is 32.4 Å². The first-order valence-electron chi connectivity index (χ1n) is 12.3. The molecule has 176 valence electrons. The van der Waals surface area contributed by atoms with E-state index in [9.17, 15) is 4.39 Å². The van der Waals surface area contributed by atoms with Gasteiger partial charge in [0.2, 0.25) is 0 Å². The van der Waals surface area contributed by atoms with Crippen LogP contribution in [-0.4, -0.2) is 9.97 Å².